The van der Waals surface area contributed by atoms with E-state index in [1.165, 1.54) is 5.56 Å². The number of carbonyl (C=O) groups is 2. The second-order valence-corrected chi connectivity index (χ2v) is 5.84. The Morgan fingerprint density at radius 3 is 2.62 bits per heavy atom. The Kier molecular flexibility index (Phi) is 4.20. The molecular formula is C16H21N3O2. The molecule has 112 valence electrons. The molecule has 1 atom stereocenters. The number of hydrogen-bond donors (Lipinski definition) is 2. The molecular weight excluding hydrogens is 266 g/mol. The van der Waals surface area contributed by atoms with Crippen molar-refractivity contribution in [1.29, 1.82) is 0 Å². The second-order valence-electron chi connectivity index (χ2n) is 5.84. The Morgan fingerprint density at radius 2 is 1.90 bits per heavy atom. The topological polar surface area (TPSA) is 61.4 Å². The van der Waals surface area contributed by atoms with Crippen molar-refractivity contribution in [2.24, 2.45) is 0 Å². The lowest BCUT2D eigenvalue weighted by atomic mass is 10.0. The van der Waals surface area contributed by atoms with Crippen LogP contribution in [-0.4, -0.2) is 36.0 Å². The molecule has 21 heavy (non-hydrogen) atoms. The molecule has 3 rings (SSSR count). The van der Waals surface area contributed by atoms with Crippen LogP contribution in [0.25, 0.3) is 0 Å². The standard InChI is InChI=1S/C16H21N3O2/c20-15(18-16(21)17-13-8-9-13)11-19-10-4-7-14(19)12-5-2-1-3-6-12/h1-3,5-6,13-14H,4,7-11H2,(H2,17,18,20,21). The second kappa shape index (κ2) is 6.26. The molecule has 0 spiro atoms. The van der Waals surface area contributed by atoms with Gasteiger partial charge < -0.3 is 5.32 Å². The van der Waals surface area contributed by atoms with Crippen LogP contribution < -0.4 is 10.6 Å². The zero-order valence-corrected chi connectivity index (χ0v) is 12.0. The molecule has 3 amide bonds. The Balaban J connectivity index is 1.53. The number of nitrogens with one attached hydrogen (secondary N) is 2. The van der Waals surface area contributed by atoms with Crippen molar-refractivity contribution in [2.45, 2.75) is 37.8 Å². The minimum atomic E-state index is -0.363. The summed E-state index contributed by atoms with van der Waals surface area (Å²) < 4.78 is 0. The molecule has 1 unspecified atom stereocenters. The van der Waals surface area contributed by atoms with Gasteiger partial charge in [-0.25, -0.2) is 4.79 Å². The summed E-state index contributed by atoms with van der Waals surface area (Å²) in [4.78, 5) is 25.7. The largest absolute Gasteiger partial charge is 0.335 e. The van der Waals surface area contributed by atoms with Crippen molar-refractivity contribution in [3.8, 4) is 0 Å². The number of rotatable bonds is 4. The molecule has 1 saturated heterocycles. The molecule has 1 aromatic rings. The molecule has 1 heterocycles. The maximum absolute atomic E-state index is 12.0. The predicted octanol–water partition coefficient (Wildman–Crippen LogP) is 1.81. The fourth-order valence-corrected chi connectivity index (χ4v) is 2.87. The van der Waals surface area contributed by atoms with Gasteiger partial charge in [-0.15, -0.1) is 0 Å². The highest BCUT2D eigenvalue weighted by Crippen LogP contribution is 2.31. The Morgan fingerprint density at radius 1 is 1.14 bits per heavy atom. The van der Waals surface area contributed by atoms with E-state index in [0.29, 0.717) is 0 Å². The summed E-state index contributed by atoms with van der Waals surface area (Å²) in [6.45, 7) is 1.18. The number of imide groups is 1. The van der Waals surface area contributed by atoms with Crippen molar-refractivity contribution >= 4 is 11.9 Å². The van der Waals surface area contributed by atoms with Crippen LogP contribution in [0.1, 0.15) is 37.3 Å². The van der Waals surface area contributed by atoms with Crippen LogP contribution >= 0.6 is 0 Å². The quantitative estimate of drug-likeness (QED) is 0.888. The van der Waals surface area contributed by atoms with Crippen LogP contribution in [0.3, 0.4) is 0 Å². The number of benzene rings is 1. The third-order valence-corrected chi connectivity index (χ3v) is 4.06. The lowest BCUT2D eigenvalue weighted by molar-refractivity contribution is -0.121. The van der Waals surface area contributed by atoms with Gasteiger partial charge in [0.1, 0.15) is 0 Å². The molecule has 2 fully saturated rings. The van der Waals surface area contributed by atoms with Gasteiger partial charge in [0.2, 0.25) is 5.91 Å². The number of likely N-dealkylation sites (tertiary alicyclic amines) is 1. The predicted molar refractivity (Wildman–Crippen MR) is 79.7 cm³/mol. The normalized spacial score (nSPS) is 22.0. The first-order valence-corrected chi connectivity index (χ1v) is 7.62. The zero-order valence-electron chi connectivity index (χ0n) is 12.0. The van der Waals surface area contributed by atoms with Gasteiger partial charge in [-0.1, -0.05) is 30.3 Å². The van der Waals surface area contributed by atoms with E-state index in [-0.39, 0.29) is 30.6 Å². The zero-order chi connectivity index (χ0) is 14.7. The van der Waals surface area contributed by atoms with E-state index in [9.17, 15) is 9.59 Å². The molecule has 5 heteroatoms. The summed E-state index contributed by atoms with van der Waals surface area (Å²) in [5.74, 6) is -0.226. The van der Waals surface area contributed by atoms with E-state index in [1.807, 2.05) is 18.2 Å². The molecule has 1 saturated carbocycles. The molecule has 0 aromatic heterocycles. The van der Waals surface area contributed by atoms with Crippen LogP contribution in [0.4, 0.5) is 4.79 Å². The van der Waals surface area contributed by atoms with Gasteiger partial charge in [0.15, 0.2) is 0 Å². The van der Waals surface area contributed by atoms with Gasteiger partial charge in [0, 0.05) is 12.1 Å². The first-order valence-electron chi connectivity index (χ1n) is 7.62. The smallest absolute Gasteiger partial charge is 0.321 e. The third kappa shape index (κ3) is 3.82. The van der Waals surface area contributed by atoms with E-state index >= 15 is 0 Å². The van der Waals surface area contributed by atoms with E-state index in [1.54, 1.807) is 0 Å². The van der Waals surface area contributed by atoms with E-state index in [2.05, 4.69) is 27.7 Å². The summed E-state index contributed by atoms with van der Waals surface area (Å²) in [5.41, 5.74) is 1.24. The average molecular weight is 287 g/mol. The van der Waals surface area contributed by atoms with Crippen molar-refractivity contribution in [3.05, 3.63) is 35.9 Å². The van der Waals surface area contributed by atoms with Gasteiger partial charge in [0.25, 0.3) is 0 Å². The molecule has 0 bridgehead atoms. The minimum Gasteiger partial charge on any atom is -0.335 e. The number of amides is 3. The van der Waals surface area contributed by atoms with E-state index < -0.39 is 0 Å². The van der Waals surface area contributed by atoms with Crippen molar-refractivity contribution in [2.75, 3.05) is 13.1 Å². The first kappa shape index (κ1) is 14.1. The molecule has 0 radical (unpaired) electrons. The van der Waals surface area contributed by atoms with Gasteiger partial charge in [-0.2, -0.15) is 0 Å². The summed E-state index contributed by atoms with van der Waals surface area (Å²) in [6, 6.07) is 10.4. The van der Waals surface area contributed by atoms with Gasteiger partial charge >= 0.3 is 6.03 Å². The number of nitrogens with zero attached hydrogens (tertiary/aromatic N) is 1. The molecule has 1 aromatic carbocycles. The van der Waals surface area contributed by atoms with Crippen molar-refractivity contribution in [1.82, 2.24) is 15.5 Å². The Labute approximate surface area is 124 Å². The number of urea groups is 1. The van der Waals surface area contributed by atoms with Gasteiger partial charge in [0.05, 0.1) is 6.54 Å². The SMILES string of the molecule is O=C(CN1CCCC1c1ccccc1)NC(=O)NC1CC1. The van der Waals surface area contributed by atoms with Crippen LogP contribution in [0, 0.1) is 0 Å². The molecule has 1 aliphatic carbocycles. The highest BCUT2D eigenvalue weighted by molar-refractivity contribution is 5.95. The molecule has 2 N–H and O–H groups in total. The monoisotopic (exact) mass is 287 g/mol. The number of carbonyl (C=O) groups excluding carboxylic acids is 2. The Bertz CT molecular complexity index is 514. The van der Waals surface area contributed by atoms with Gasteiger partial charge in [-0.3, -0.25) is 15.0 Å². The maximum Gasteiger partial charge on any atom is 0.321 e. The fraction of sp³-hybridized carbons (Fsp3) is 0.500. The Hall–Kier alpha value is -1.88. The lowest BCUT2D eigenvalue weighted by Gasteiger charge is -2.24. The third-order valence-electron chi connectivity index (χ3n) is 4.06. The lowest BCUT2D eigenvalue weighted by Crippen LogP contribution is -2.45. The first-order chi connectivity index (χ1) is 10.2. The van der Waals surface area contributed by atoms with Gasteiger partial charge in [-0.05, 0) is 37.8 Å². The van der Waals surface area contributed by atoms with E-state index in [4.69, 9.17) is 0 Å². The van der Waals surface area contributed by atoms with Crippen LogP contribution in [0.15, 0.2) is 30.3 Å². The fourth-order valence-electron chi connectivity index (χ4n) is 2.87. The van der Waals surface area contributed by atoms with Crippen molar-refractivity contribution < 1.29 is 9.59 Å². The van der Waals surface area contributed by atoms with Crippen LogP contribution in [-0.2, 0) is 4.79 Å². The van der Waals surface area contributed by atoms with Crippen LogP contribution in [0.2, 0.25) is 0 Å². The molecule has 5 nitrogen and oxygen atoms in total. The highest BCUT2D eigenvalue weighted by atomic mass is 16.2. The maximum atomic E-state index is 12.0. The molecule has 2 aliphatic rings. The van der Waals surface area contributed by atoms with E-state index in [0.717, 1.165) is 32.2 Å². The highest BCUT2D eigenvalue weighted by Gasteiger charge is 2.28. The summed E-state index contributed by atoms with van der Waals surface area (Å²) >= 11 is 0. The molecule has 1 aliphatic heterocycles. The summed E-state index contributed by atoms with van der Waals surface area (Å²) in [5, 5.41) is 5.18. The minimum absolute atomic E-state index is 0.226. The average Bonchev–Trinajstić information content (AvgIpc) is 3.15. The summed E-state index contributed by atoms with van der Waals surface area (Å²) in [6.07, 6.45) is 4.18. The van der Waals surface area contributed by atoms with Crippen LogP contribution in [0.5, 0.6) is 0 Å². The summed E-state index contributed by atoms with van der Waals surface area (Å²) in [7, 11) is 0. The van der Waals surface area contributed by atoms with Crippen molar-refractivity contribution in [3.63, 3.8) is 0 Å². The number of hydrogen-bond acceptors (Lipinski definition) is 3.